The van der Waals surface area contributed by atoms with Crippen LogP contribution in [0.25, 0.3) is 16.7 Å². The summed E-state index contributed by atoms with van der Waals surface area (Å²) in [6.07, 6.45) is 5.42. The number of amides is 5. The van der Waals surface area contributed by atoms with Crippen molar-refractivity contribution in [1.29, 1.82) is 0 Å². The SMILES string of the molecule is COc1ccc2c(O[C@@H]3C[C@H](OC(=O)N[C@@H](CC4CCC4)C(=O)C(=O)NC4CC4)N(C(=O)[C@@H](NC(=O)NC(C)(C)C)C(C)(C)C)C3)cc(-n3cccn3)nc2c1. The van der Waals surface area contributed by atoms with Crippen molar-refractivity contribution in [1.82, 2.24) is 40.9 Å². The molecule has 3 heterocycles. The van der Waals surface area contributed by atoms with Crippen molar-refractivity contribution in [3.8, 4) is 17.3 Å². The second-order valence-corrected chi connectivity index (χ2v) is 17.1. The van der Waals surface area contributed by atoms with Crippen LogP contribution in [0.1, 0.15) is 86.5 Å². The topological polar surface area (TPSA) is 195 Å². The highest BCUT2D eigenvalue weighted by Crippen LogP contribution is 2.35. The first-order chi connectivity index (χ1) is 26.5. The van der Waals surface area contributed by atoms with E-state index in [4.69, 9.17) is 19.2 Å². The van der Waals surface area contributed by atoms with Gasteiger partial charge in [-0.25, -0.2) is 19.3 Å². The molecule has 1 aliphatic heterocycles. The average molecular weight is 775 g/mol. The fourth-order valence-electron chi connectivity index (χ4n) is 6.84. The largest absolute Gasteiger partial charge is 0.497 e. The average Bonchev–Trinajstić information content (AvgIpc) is 3.57. The minimum atomic E-state index is -1.15. The predicted molar refractivity (Wildman–Crippen MR) is 206 cm³/mol. The van der Waals surface area contributed by atoms with Gasteiger partial charge >= 0.3 is 12.1 Å². The molecule has 4 atom stereocenters. The Morgan fingerprint density at radius 3 is 2.34 bits per heavy atom. The third-order valence-corrected chi connectivity index (χ3v) is 10.2. The van der Waals surface area contributed by atoms with Crippen LogP contribution in [0.2, 0.25) is 0 Å². The number of pyridine rings is 1. The Balaban J connectivity index is 1.28. The molecule has 0 unspecified atom stereocenters. The summed E-state index contributed by atoms with van der Waals surface area (Å²) in [6.45, 7) is 11.0. The van der Waals surface area contributed by atoms with Gasteiger partial charge in [-0.1, -0.05) is 40.0 Å². The lowest BCUT2D eigenvalue weighted by atomic mass is 9.80. The summed E-state index contributed by atoms with van der Waals surface area (Å²) >= 11 is 0. The zero-order valence-corrected chi connectivity index (χ0v) is 33.2. The number of carbonyl (C=O) groups is 5. The van der Waals surface area contributed by atoms with Crippen LogP contribution in [0.4, 0.5) is 9.59 Å². The molecular formula is C40H54N8O8. The Kier molecular flexibility index (Phi) is 11.8. The van der Waals surface area contributed by atoms with Gasteiger partial charge in [-0.3, -0.25) is 14.4 Å². The Hall–Kier alpha value is -5.41. The first kappa shape index (κ1) is 40.3. The normalized spacial score (nSPS) is 19.7. The second kappa shape index (κ2) is 16.4. The first-order valence-electron chi connectivity index (χ1n) is 19.3. The third kappa shape index (κ3) is 10.1. The predicted octanol–water partition coefficient (Wildman–Crippen LogP) is 4.38. The Bertz CT molecular complexity index is 1930. The number of likely N-dealkylation sites (tertiary alicyclic amines) is 1. The van der Waals surface area contributed by atoms with Gasteiger partial charge < -0.3 is 40.4 Å². The highest BCUT2D eigenvalue weighted by Gasteiger charge is 2.46. The van der Waals surface area contributed by atoms with Crippen LogP contribution in [0.3, 0.4) is 0 Å². The molecule has 0 bridgehead atoms. The van der Waals surface area contributed by atoms with Crippen LogP contribution in [0.15, 0.2) is 42.7 Å². The molecular weight excluding hydrogens is 720 g/mol. The van der Waals surface area contributed by atoms with Gasteiger partial charge in [-0.05, 0) is 69.6 Å². The molecule has 3 aromatic rings. The quantitative estimate of drug-likeness (QED) is 0.181. The van der Waals surface area contributed by atoms with E-state index >= 15 is 0 Å². The number of rotatable bonds is 13. The van der Waals surface area contributed by atoms with Gasteiger partial charge in [0.15, 0.2) is 12.0 Å². The van der Waals surface area contributed by atoms with Crippen molar-refractivity contribution < 1.29 is 38.2 Å². The molecule has 16 heteroatoms. The molecule has 5 amide bonds. The summed E-state index contributed by atoms with van der Waals surface area (Å²) in [7, 11) is 1.57. The lowest BCUT2D eigenvalue weighted by molar-refractivity contribution is -0.143. The number of hydrogen-bond acceptors (Lipinski definition) is 10. The molecule has 1 saturated heterocycles. The smallest absolute Gasteiger partial charge is 0.409 e. The molecule has 2 aromatic heterocycles. The molecule has 0 radical (unpaired) electrons. The number of methoxy groups -OCH3 is 1. The van der Waals surface area contributed by atoms with E-state index < -0.39 is 65.1 Å². The number of Topliss-reactive ketones (excluding diaryl/α,β-unsaturated/α-hetero) is 1. The van der Waals surface area contributed by atoms with Crippen molar-refractivity contribution in [2.24, 2.45) is 11.3 Å². The van der Waals surface area contributed by atoms with E-state index in [-0.39, 0.29) is 24.9 Å². The van der Waals surface area contributed by atoms with Crippen molar-refractivity contribution in [2.45, 2.75) is 122 Å². The zero-order valence-electron chi connectivity index (χ0n) is 33.2. The molecule has 6 rings (SSSR count). The maximum absolute atomic E-state index is 14.6. The number of ketones is 1. The van der Waals surface area contributed by atoms with Gasteiger partial charge in [0.25, 0.3) is 5.91 Å². The summed E-state index contributed by atoms with van der Waals surface area (Å²) in [5.74, 6) is -0.212. The van der Waals surface area contributed by atoms with Crippen molar-refractivity contribution in [3.63, 3.8) is 0 Å². The van der Waals surface area contributed by atoms with Crippen molar-refractivity contribution in [2.75, 3.05) is 13.7 Å². The standard InChI is InChI=1S/C40H54N8O8/c1-39(2,3)34(45-37(52)46-40(4,5)6)36(51)47-22-26(55-30-21-31(48-17-9-16-41-48)43-28-19-25(54-7)14-15-27(28)30)20-32(47)56-38(53)44-29(18-23-10-8-11-23)33(49)35(50)42-24-12-13-24/h9,14-17,19,21,23-24,26,29,32,34H,8,10-13,18,20,22H2,1-7H3,(H,42,50)(H,44,53)(H2,45,46,52)/t26-,29+,32+,34-/m1/s1. The lowest BCUT2D eigenvalue weighted by Crippen LogP contribution is -2.60. The molecule has 2 saturated carbocycles. The van der Waals surface area contributed by atoms with Crippen LogP contribution in [0, 0.1) is 11.3 Å². The number of alkyl carbamates (subject to hydrolysis) is 1. The van der Waals surface area contributed by atoms with Crippen LogP contribution in [0.5, 0.6) is 11.5 Å². The van der Waals surface area contributed by atoms with Gasteiger partial charge in [-0.15, -0.1) is 0 Å². The number of fused-ring (bicyclic) bond motifs is 1. The van der Waals surface area contributed by atoms with E-state index in [2.05, 4.69) is 26.4 Å². The van der Waals surface area contributed by atoms with E-state index in [0.717, 1.165) is 32.1 Å². The van der Waals surface area contributed by atoms with E-state index in [1.54, 1.807) is 48.5 Å². The van der Waals surface area contributed by atoms with E-state index in [9.17, 15) is 24.0 Å². The molecule has 302 valence electrons. The first-order valence-corrected chi connectivity index (χ1v) is 19.3. The number of ether oxygens (including phenoxy) is 3. The molecule has 56 heavy (non-hydrogen) atoms. The van der Waals surface area contributed by atoms with Gasteiger partial charge in [-0.2, -0.15) is 5.10 Å². The fourth-order valence-corrected chi connectivity index (χ4v) is 6.84. The Morgan fingerprint density at radius 1 is 0.982 bits per heavy atom. The monoisotopic (exact) mass is 774 g/mol. The minimum absolute atomic E-state index is 0.00275. The van der Waals surface area contributed by atoms with E-state index in [0.29, 0.717) is 34.6 Å². The van der Waals surface area contributed by atoms with E-state index in [1.165, 1.54) is 4.90 Å². The number of benzene rings is 1. The van der Waals surface area contributed by atoms with Crippen molar-refractivity contribution >= 4 is 40.6 Å². The van der Waals surface area contributed by atoms with Crippen LogP contribution >= 0.6 is 0 Å². The van der Waals surface area contributed by atoms with Gasteiger partial charge in [0.1, 0.15) is 29.7 Å². The van der Waals surface area contributed by atoms with Gasteiger partial charge in [0, 0.05) is 47.9 Å². The maximum Gasteiger partial charge on any atom is 0.409 e. The summed E-state index contributed by atoms with van der Waals surface area (Å²) in [5.41, 5.74) is -0.742. The van der Waals surface area contributed by atoms with Crippen molar-refractivity contribution in [3.05, 3.63) is 42.7 Å². The second-order valence-electron chi connectivity index (χ2n) is 17.1. The summed E-state index contributed by atoms with van der Waals surface area (Å²) in [5, 5.41) is 16.1. The fraction of sp³-hybridized carbons (Fsp3) is 0.575. The van der Waals surface area contributed by atoms with Crippen LogP contribution in [-0.2, 0) is 19.1 Å². The minimum Gasteiger partial charge on any atom is -0.497 e. The summed E-state index contributed by atoms with van der Waals surface area (Å²) < 4.78 is 19.7. The number of urea groups is 1. The van der Waals surface area contributed by atoms with Gasteiger partial charge in [0.05, 0.1) is 19.2 Å². The molecule has 3 aliphatic rings. The number of aromatic nitrogens is 3. The Morgan fingerprint density at radius 2 is 1.73 bits per heavy atom. The number of nitrogens with one attached hydrogen (secondary N) is 4. The molecule has 3 fully saturated rings. The molecule has 2 aliphatic carbocycles. The third-order valence-electron chi connectivity index (χ3n) is 10.2. The van der Waals surface area contributed by atoms with E-state index in [1.807, 2.05) is 47.6 Å². The highest BCUT2D eigenvalue weighted by atomic mass is 16.6. The zero-order chi connectivity index (χ0) is 40.4. The summed E-state index contributed by atoms with van der Waals surface area (Å²) in [6, 6.07) is 6.25. The number of nitrogens with zero attached hydrogens (tertiary/aromatic N) is 4. The molecule has 4 N–H and O–H groups in total. The molecule has 1 aromatic carbocycles. The van der Waals surface area contributed by atoms with Gasteiger partial charge in [0.2, 0.25) is 11.7 Å². The van der Waals surface area contributed by atoms with Crippen LogP contribution < -0.4 is 30.7 Å². The maximum atomic E-state index is 14.6. The number of carbonyl (C=O) groups excluding carboxylic acids is 5. The number of hydrogen-bond donors (Lipinski definition) is 4. The Labute approximate surface area is 326 Å². The lowest BCUT2D eigenvalue weighted by Gasteiger charge is -2.36. The highest BCUT2D eigenvalue weighted by molar-refractivity contribution is 6.38. The molecule has 16 nitrogen and oxygen atoms in total. The van der Waals surface area contributed by atoms with Crippen LogP contribution in [-0.4, -0.2) is 99.0 Å². The summed E-state index contributed by atoms with van der Waals surface area (Å²) in [4.78, 5) is 73.7. The molecule has 0 spiro atoms.